The van der Waals surface area contributed by atoms with Crippen LogP contribution in [0.15, 0.2) is 60.7 Å². The van der Waals surface area contributed by atoms with Crippen LogP contribution in [0.5, 0.6) is 0 Å². The van der Waals surface area contributed by atoms with Crippen LogP contribution in [0.1, 0.15) is 31.9 Å². The molecular weight excluding hydrogens is 347 g/mol. The first kappa shape index (κ1) is 15.6. The number of hydrogen-bond acceptors (Lipinski definition) is 0. The van der Waals surface area contributed by atoms with Crippen LogP contribution < -0.4 is 0 Å². The minimum absolute atomic E-state index is 0.473. The molecule has 0 fully saturated rings. The van der Waals surface area contributed by atoms with Gasteiger partial charge in [-0.25, -0.2) is 0 Å². The van der Waals surface area contributed by atoms with Gasteiger partial charge in [-0.2, -0.15) is 0 Å². The van der Waals surface area contributed by atoms with Crippen LogP contribution in [0.4, 0.5) is 0 Å². The van der Waals surface area contributed by atoms with Crippen molar-refractivity contribution in [2.45, 2.75) is 38.0 Å². The number of rotatable bonds is 4. The molecule has 0 aliphatic heterocycles. The SMILES string of the molecule is C[C](C)(C)[Sn]([CH3])([CH2]c1ccccc1)[CH2]c1ccccc1. The molecule has 0 unspecified atom stereocenters. The summed E-state index contributed by atoms with van der Waals surface area (Å²) in [6.07, 6.45) is 0. The second kappa shape index (κ2) is 6.34. The Morgan fingerprint density at radius 2 is 1.05 bits per heavy atom. The van der Waals surface area contributed by atoms with Gasteiger partial charge in [0.1, 0.15) is 0 Å². The first-order chi connectivity index (χ1) is 9.41. The minimum atomic E-state index is -2.29. The third-order valence-electron chi connectivity index (χ3n) is 4.68. The fourth-order valence-electron chi connectivity index (χ4n) is 2.69. The Morgan fingerprint density at radius 1 is 0.700 bits per heavy atom. The van der Waals surface area contributed by atoms with E-state index in [1.165, 1.54) is 20.0 Å². The molecule has 0 N–H and O–H groups in total. The van der Waals surface area contributed by atoms with Crippen LogP contribution >= 0.6 is 0 Å². The fourth-order valence-corrected chi connectivity index (χ4v) is 12.6. The van der Waals surface area contributed by atoms with E-state index < -0.39 is 18.4 Å². The van der Waals surface area contributed by atoms with Crippen LogP contribution in [0.2, 0.25) is 8.37 Å². The Bertz CT molecular complexity index is 481. The molecule has 0 atom stereocenters. The predicted molar refractivity (Wildman–Crippen MR) is 91.6 cm³/mol. The van der Waals surface area contributed by atoms with Crippen molar-refractivity contribution in [2.24, 2.45) is 0 Å². The fraction of sp³-hybridized carbons (Fsp3) is 0.368. The van der Waals surface area contributed by atoms with Crippen molar-refractivity contribution >= 4 is 18.4 Å². The van der Waals surface area contributed by atoms with Crippen LogP contribution in [0.25, 0.3) is 0 Å². The molecule has 0 bridgehead atoms. The van der Waals surface area contributed by atoms with Crippen molar-refractivity contribution in [1.29, 1.82) is 0 Å². The summed E-state index contributed by atoms with van der Waals surface area (Å²) < 4.78 is 3.13. The summed E-state index contributed by atoms with van der Waals surface area (Å²) in [4.78, 5) is 2.63. The van der Waals surface area contributed by atoms with Gasteiger partial charge in [-0.05, 0) is 0 Å². The molecular formula is C19H26Sn. The third kappa shape index (κ3) is 3.88. The molecule has 20 heavy (non-hydrogen) atoms. The van der Waals surface area contributed by atoms with Crippen LogP contribution in [-0.2, 0) is 8.87 Å². The number of benzene rings is 2. The Labute approximate surface area is 128 Å². The first-order valence-corrected chi connectivity index (χ1v) is 15.8. The van der Waals surface area contributed by atoms with E-state index in [0.29, 0.717) is 3.43 Å². The molecule has 2 aromatic carbocycles. The Kier molecular flexibility index (Phi) is 4.95. The van der Waals surface area contributed by atoms with Gasteiger partial charge in [0.25, 0.3) is 0 Å². The predicted octanol–water partition coefficient (Wildman–Crippen LogP) is 5.43. The summed E-state index contributed by atoms with van der Waals surface area (Å²) in [6.45, 7) is 7.36. The van der Waals surface area contributed by atoms with Gasteiger partial charge in [0, 0.05) is 0 Å². The zero-order chi connectivity index (χ0) is 14.6. The number of hydrogen-bond donors (Lipinski definition) is 0. The van der Waals surface area contributed by atoms with Crippen molar-refractivity contribution < 1.29 is 0 Å². The second-order valence-corrected chi connectivity index (χ2v) is 22.3. The Hall–Kier alpha value is -0.761. The molecule has 0 heterocycles. The first-order valence-electron chi connectivity index (χ1n) is 7.49. The van der Waals surface area contributed by atoms with Gasteiger partial charge in [-0.1, -0.05) is 0 Å². The van der Waals surface area contributed by atoms with E-state index >= 15 is 0 Å². The van der Waals surface area contributed by atoms with Crippen molar-refractivity contribution in [2.75, 3.05) is 0 Å². The van der Waals surface area contributed by atoms with Crippen molar-refractivity contribution in [3.05, 3.63) is 71.8 Å². The van der Waals surface area contributed by atoms with Gasteiger partial charge in [0.05, 0.1) is 0 Å². The molecule has 0 nitrogen and oxygen atoms in total. The van der Waals surface area contributed by atoms with Gasteiger partial charge < -0.3 is 0 Å². The molecule has 0 saturated heterocycles. The monoisotopic (exact) mass is 374 g/mol. The van der Waals surface area contributed by atoms with Gasteiger partial charge in [0.15, 0.2) is 0 Å². The van der Waals surface area contributed by atoms with E-state index in [1.807, 2.05) is 0 Å². The van der Waals surface area contributed by atoms with Gasteiger partial charge in [0.2, 0.25) is 0 Å². The van der Waals surface area contributed by atoms with E-state index in [9.17, 15) is 0 Å². The van der Waals surface area contributed by atoms with Crippen molar-refractivity contribution in [3.8, 4) is 0 Å². The van der Waals surface area contributed by atoms with E-state index in [2.05, 4.69) is 86.4 Å². The maximum atomic E-state index is 2.63. The van der Waals surface area contributed by atoms with Gasteiger partial charge in [-0.15, -0.1) is 0 Å². The molecule has 2 aromatic rings. The maximum absolute atomic E-state index is 2.63. The van der Waals surface area contributed by atoms with E-state index in [4.69, 9.17) is 0 Å². The van der Waals surface area contributed by atoms with E-state index in [-0.39, 0.29) is 0 Å². The summed E-state index contributed by atoms with van der Waals surface area (Å²) in [6, 6.07) is 22.1. The summed E-state index contributed by atoms with van der Waals surface area (Å²) in [5, 5.41) is 0. The average molecular weight is 373 g/mol. The summed E-state index contributed by atoms with van der Waals surface area (Å²) in [5.74, 6) is 0. The molecule has 0 radical (unpaired) electrons. The Morgan fingerprint density at radius 3 is 1.35 bits per heavy atom. The zero-order valence-corrected chi connectivity index (χ0v) is 16.0. The standard InChI is InChI=1S/2C7H7.C4H9.CH3.Sn/c2*1-7-5-3-2-4-6-7;1-4(2)3;;/h2*2-6H,1H2;1-3H3;1H3;. The summed E-state index contributed by atoms with van der Waals surface area (Å²) in [7, 11) is 0. The van der Waals surface area contributed by atoms with E-state index in [0.717, 1.165) is 0 Å². The van der Waals surface area contributed by atoms with Gasteiger partial charge in [-0.3, -0.25) is 0 Å². The normalized spacial score (nSPS) is 12.4. The van der Waals surface area contributed by atoms with Crippen molar-refractivity contribution in [1.82, 2.24) is 0 Å². The van der Waals surface area contributed by atoms with Crippen LogP contribution in [0.3, 0.4) is 0 Å². The molecule has 2 rings (SSSR count). The Balaban J connectivity index is 2.27. The zero-order valence-electron chi connectivity index (χ0n) is 13.2. The molecule has 1 heteroatoms. The van der Waals surface area contributed by atoms with Crippen LogP contribution in [0, 0.1) is 0 Å². The molecule has 0 amide bonds. The van der Waals surface area contributed by atoms with Crippen LogP contribution in [-0.4, -0.2) is 18.4 Å². The molecule has 106 valence electrons. The van der Waals surface area contributed by atoms with E-state index in [1.54, 1.807) is 0 Å². The average Bonchev–Trinajstić information content (AvgIpc) is 2.39. The molecule has 0 spiro atoms. The molecule has 0 aliphatic rings. The summed E-state index contributed by atoms with van der Waals surface area (Å²) >= 11 is -2.29. The molecule has 0 aliphatic carbocycles. The van der Waals surface area contributed by atoms with Crippen molar-refractivity contribution in [3.63, 3.8) is 0 Å². The second-order valence-electron chi connectivity index (χ2n) is 7.14. The summed E-state index contributed by atoms with van der Waals surface area (Å²) in [5.41, 5.74) is 3.05. The third-order valence-corrected chi connectivity index (χ3v) is 21.8. The molecule has 0 aromatic heterocycles. The van der Waals surface area contributed by atoms with Gasteiger partial charge >= 0.3 is 128 Å². The quantitative estimate of drug-likeness (QED) is 0.627. The molecule has 0 saturated carbocycles. The topological polar surface area (TPSA) is 0 Å².